The van der Waals surface area contributed by atoms with Crippen LogP contribution in [0.25, 0.3) is 0 Å². The molecule has 104 valence electrons. The van der Waals surface area contributed by atoms with Gasteiger partial charge in [0.05, 0.1) is 5.56 Å². The molecule has 0 aromatic heterocycles. The number of aryl methyl sites for hydroxylation is 1. The molecule has 1 amide bonds. The van der Waals surface area contributed by atoms with Gasteiger partial charge < -0.3 is 10.0 Å². The Labute approximate surface area is 127 Å². The molecule has 0 saturated heterocycles. The molecule has 1 N–H and O–H groups in total. The fraction of sp³-hybridized carbons (Fsp3) is 0.188. The minimum atomic E-state index is -0.243. The van der Waals surface area contributed by atoms with E-state index in [-0.39, 0.29) is 17.2 Å². The number of carbonyl (C=O) groups is 1. The number of halogens is 1. The zero-order valence-corrected chi connectivity index (χ0v) is 13.0. The van der Waals surface area contributed by atoms with Crippen LogP contribution in [-0.4, -0.2) is 18.1 Å². The number of carbonyl (C=O) groups excluding carboxylic acids is 1. The number of phenolic OH excluding ortho intramolecular Hbond substituents is 1. The lowest BCUT2D eigenvalue weighted by Gasteiger charge is -2.18. The van der Waals surface area contributed by atoms with E-state index in [0.29, 0.717) is 0 Å². The summed E-state index contributed by atoms with van der Waals surface area (Å²) in [6.07, 6.45) is 0.963. The molecule has 0 radical (unpaired) electrons. The van der Waals surface area contributed by atoms with Crippen LogP contribution in [0.5, 0.6) is 5.75 Å². The standard InChI is InChI=1S/C16H16BrNO2/c1-3-11-4-7-13(8-5-11)18(2)16(20)14-10-12(17)6-9-15(14)19/h4-10,19H,3H2,1-2H3. The first-order valence-electron chi connectivity index (χ1n) is 6.38. The maximum Gasteiger partial charge on any atom is 0.261 e. The molecule has 3 nitrogen and oxygen atoms in total. The van der Waals surface area contributed by atoms with Gasteiger partial charge in [0.15, 0.2) is 0 Å². The van der Waals surface area contributed by atoms with E-state index in [1.54, 1.807) is 19.2 Å². The van der Waals surface area contributed by atoms with Gasteiger partial charge in [0.2, 0.25) is 0 Å². The number of benzene rings is 2. The average Bonchev–Trinajstić information content (AvgIpc) is 2.48. The summed E-state index contributed by atoms with van der Waals surface area (Å²) in [6, 6.07) is 12.6. The Morgan fingerprint density at radius 3 is 2.45 bits per heavy atom. The van der Waals surface area contributed by atoms with Crippen LogP contribution < -0.4 is 4.90 Å². The Morgan fingerprint density at radius 1 is 1.20 bits per heavy atom. The first-order valence-corrected chi connectivity index (χ1v) is 7.17. The van der Waals surface area contributed by atoms with Gasteiger partial charge in [-0.3, -0.25) is 4.79 Å². The van der Waals surface area contributed by atoms with Gasteiger partial charge in [-0.2, -0.15) is 0 Å². The highest BCUT2D eigenvalue weighted by Crippen LogP contribution is 2.25. The zero-order valence-electron chi connectivity index (χ0n) is 11.4. The van der Waals surface area contributed by atoms with E-state index < -0.39 is 0 Å². The molecule has 2 aromatic carbocycles. The molecular weight excluding hydrogens is 318 g/mol. The number of amides is 1. The van der Waals surface area contributed by atoms with Gasteiger partial charge >= 0.3 is 0 Å². The fourth-order valence-corrected chi connectivity index (χ4v) is 2.29. The molecule has 0 fully saturated rings. The summed E-state index contributed by atoms with van der Waals surface area (Å²) in [5.74, 6) is -0.261. The first kappa shape index (κ1) is 14.6. The quantitative estimate of drug-likeness (QED) is 0.922. The van der Waals surface area contributed by atoms with Crippen molar-refractivity contribution in [3.63, 3.8) is 0 Å². The molecule has 0 bridgehead atoms. The molecule has 2 aromatic rings. The fourth-order valence-electron chi connectivity index (χ4n) is 1.93. The smallest absolute Gasteiger partial charge is 0.261 e. The topological polar surface area (TPSA) is 40.5 Å². The number of hydrogen-bond acceptors (Lipinski definition) is 2. The Kier molecular flexibility index (Phi) is 4.45. The molecule has 0 aliphatic carbocycles. The van der Waals surface area contributed by atoms with E-state index in [1.165, 1.54) is 16.5 Å². The third-order valence-corrected chi connectivity index (χ3v) is 3.72. The number of nitrogens with zero attached hydrogens (tertiary/aromatic N) is 1. The summed E-state index contributed by atoms with van der Waals surface area (Å²) in [5, 5.41) is 9.82. The summed E-state index contributed by atoms with van der Waals surface area (Å²) < 4.78 is 0.758. The molecule has 20 heavy (non-hydrogen) atoms. The van der Waals surface area contributed by atoms with Crippen molar-refractivity contribution in [3.05, 3.63) is 58.1 Å². The van der Waals surface area contributed by atoms with E-state index in [0.717, 1.165) is 16.6 Å². The predicted octanol–water partition coefficient (Wildman–Crippen LogP) is 3.99. The molecule has 0 heterocycles. The summed E-state index contributed by atoms with van der Waals surface area (Å²) >= 11 is 3.31. The van der Waals surface area contributed by atoms with Gasteiger partial charge in [-0.25, -0.2) is 0 Å². The summed E-state index contributed by atoms with van der Waals surface area (Å²) in [4.78, 5) is 13.9. The monoisotopic (exact) mass is 333 g/mol. The Morgan fingerprint density at radius 2 is 1.85 bits per heavy atom. The highest BCUT2D eigenvalue weighted by atomic mass is 79.9. The minimum Gasteiger partial charge on any atom is -0.507 e. The average molecular weight is 334 g/mol. The molecule has 0 aliphatic rings. The number of hydrogen-bond donors (Lipinski definition) is 1. The Bertz CT molecular complexity index is 623. The molecule has 2 rings (SSSR count). The zero-order chi connectivity index (χ0) is 14.7. The number of aromatic hydroxyl groups is 1. The molecule has 0 atom stereocenters. The lowest BCUT2D eigenvalue weighted by Crippen LogP contribution is -2.26. The molecule has 0 saturated carbocycles. The first-order chi connectivity index (χ1) is 9.52. The van der Waals surface area contributed by atoms with Gasteiger partial charge in [-0.15, -0.1) is 0 Å². The SMILES string of the molecule is CCc1ccc(N(C)C(=O)c2cc(Br)ccc2O)cc1. The van der Waals surface area contributed by atoms with Crippen LogP contribution in [-0.2, 0) is 6.42 Å². The maximum absolute atomic E-state index is 12.4. The van der Waals surface area contributed by atoms with Crippen LogP contribution in [0.1, 0.15) is 22.8 Å². The normalized spacial score (nSPS) is 10.3. The van der Waals surface area contributed by atoms with Crippen molar-refractivity contribution in [1.82, 2.24) is 0 Å². The number of anilines is 1. The van der Waals surface area contributed by atoms with Crippen LogP contribution in [0.3, 0.4) is 0 Å². The third-order valence-electron chi connectivity index (χ3n) is 3.23. The number of rotatable bonds is 3. The van der Waals surface area contributed by atoms with Gasteiger partial charge in [-0.1, -0.05) is 35.0 Å². The lowest BCUT2D eigenvalue weighted by molar-refractivity contribution is 0.0990. The van der Waals surface area contributed by atoms with Crippen LogP contribution in [0.15, 0.2) is 46.9 Å². The van der Waals surface area contributed by atoms with Crippen molar-refractivity contribution in [1.29, 1.82) is 0 Å². The predicted molar refractivity (Wildman–Crippen MR) is 84.4 cm³/mol. The van der Waals surface area contributed by atoms with E-state index in [1.807, 2.05) is 24.3 Å². The van der Waals surface area contributed by atoms with Crippen molar-refractivity contribution < 1.29 is 9.90 Å². The lowest BCUT2D eigenvalue weighted by atomic mass is 10.1. The van der Waals surface area contributed by atoms with Gasteiger partial charge in [0.1, 0.15) is 5.75 Å². The second-order valence-corrected chi connectivity index (χ2v) is 5.46. The molecule has 0 aliphatic heterocycles. The van der Waals surface area contributed by atoms with E-state index in [2.05, 4.69) is 22.9 Å². The highest BCUT2D eigenvalue weighted by Gasteiger charge is 2.17. The molecule has 4 heteroatoms. The summed E-state index contributed by atoms with van der Waals surface area (Å²) in [7, 11) is 1.70. The van der Waals surface area contributed by atoms with E-state index in [4.69, 9.17) is 0 Å². The van der Waals surface area contributed by atoms with Crippen LogP contribution in [0, 0.1) is 0 Å². The summed E-state index contributed by atoms with van der Waals surface area (Å²) in [6.45, 7) is 2.09. The van der Waals surface area contributed by atoms with E-state index >= 15 is 0 Å². The second kappa shape index (κ2) is 6.09. The molecule has 0 unspecified atom stereocenters. The second-order valence-electron chi connectivity index (χ2n) is 4.55. The van der Waals surface area contributed by atoms with Crippen LogP contribution >= 0.6 is 15.9 Å². The highest BCUT2D eigenvalue weighted by molar-refractivity contribution is 9.10. The van der Waals surface area contributed by atoms with Gasteiger partial charge in [0.25, 0.3) is 5.91 Å². The van der Waals surface area contributed by atoms with E-state index in [9.17, 15) is 9.90 Å². The van der Waals surface area contributed by atoms with Gasteiger partial charge in [0, 0.05) is 17.2 Å². The Hall–Kier alpha value is -1.81. The van der Waals surface area contributed by atoms with Crippen LogP contribution in [0.4, 0.5) is 5.69 Å². The number of phenols is 1. The van der Waals surface area contributed by atoms with Crippen molar-refractivity contribution in [2.45, 2.75) is 13.3 Å². The maximum atomic E-state index is 12.4. The Balaban J connectivity index is 2.29. The summed E-state index contributed by atoms with van der Waals surface area (Å²) in [5.41, 5.74) is 2.30. The van der Waals surface area contributed by atoms with Gasteiger partial charge in [-0.05, 0) is 42.3 Å². The van der Waals surface area contributed by atoms with Crippen molar-refractivity contribution in [3.8, 4) is 5.75 Å². The largest absolute Gasteiger partial charge is 0.507 e. The van der Waals surface area contributed by atoms with Crippen molar-refractivity contribution in [2.24, 2.45) is 0 Å². The van der Waals surface area contributed by atoms with Crippen molar-refractivity contribution >= 4 is 27.5 Å². The van der Waals surface area contributed by atoms with Crippen LogP contribution in [0.2, 0.25) is 0 Å². The molecule has 0 spiro atoms. The third kappa shape index (κ3) is 3.02. The molecular formula is C16H16BrNO2. The minimum absolute atomic E-state index is 0.0183. The van der Waals surface area contributed by atoms with Crippen molar-refractivity contribution in [2.75, 3.05) is 11.9 Å².